The number of piperazine rings is 1. The number of carbonyl (C=O) groups is 1. The van der Waals surface area contributed by atoms with Crippen LogP contribution >= 0.6 is 24.0 Å². The lowest BCUT2D eigenvalue weighted by atomic mass is 10.2. The number of guanidine groups is 1. The van der Waals surface area contributed by atoms with Gasteiger partial charge in [0.15, 0.2) is 5.96 Å². The number of unbranched alkanes of at least 4 members (excludes halogenated alkanes) is 1. The van der Waals surface area contributed by atoms with Crippen LogP contribution in [0, 0.1) is 0 Å². The number of aliphatic imine (C=N–C) groups is 1. The zero-order chi connectivity index (χ0) is 17.2. The van der Waals surface area contributed by atoms with Gasteiger partial charge in [0.1, 0.15) is 5.82 Å². The summed E-state index contributed by atoms with van der Waals surface area (Å²) in [5, 5.41) is 3.38. The quantitative estimate of drug-likeness (QED) is 0.229. The summed E-state index contributed by atoms with van der Waals surface area (Å²) in [4.78, 5) is 24.4. The topological polar surface area (TPSA) is 70.1 Å². The Morgan fingerprint density at radius 2 is 2.04 bits per heavy atom. The van der Waals surface area contributed by atoms with Gasteiger partial charge in [0.2, 0.25) is 0 Å². The van der Waals surface area contributed by atoms with Gasteiger partial charge >= 0.3 is 5.97 Å². The van der Waals surface area contributed by atoms with Crippen LogP contribution in [0.15, 0.2) is 29.4 Å². The van der Waals surface area contributed by atoms with E-state index >= 15 is 0 Å². The number of esters is 1. The minimum Gasteiger partial charge on any atom is -0.469 e. The molecular weight excluding hydrogens is 433 g/mol. The largest absolute Gasteiger partial charge is 0.469 e. The first-order valence-electron chi connectivity index (χ1n) is 8.43. The van der Waals surface area contributed by atoms with Crippen LogP contribution < -0.4 is 10.2 Å². The van der Waals surface area contributed by atoms with Gasteiger partial charge in [0.25, 0.3) is 0 Å². The lowest BCUT2D eigenvalue weighted by Gasteiger charge is -2.37. The summed E-state index contributed by atoms with van der Waals surface area (Å²) in [6, 6.07) is 6.00. The smallest absolute Gasteiger partial charge is 0.305 e. The first-order chi connectivity index (χ1) is 11.7. The summed E-state index contributed by atoms with van der Waals surface area (Å²) < 4.78 is 4.64. The molecule has 1 fully saturated rings. The molecule has 0 amide bonds. The Morgan fingerprint density at radius 3 is 2.64 bits per heavy atom. The Kier molecular flexibility index (Phi) is 10.2. The molecule has 1 aliphatic heterocycles. The maximum Gasteiger partial charge on any atom is 0.305 e. The van der Waals surface area contributed by atoms with Gasteiger partial charge in [-0.25, -0.2) is 4.98 Å². The molecule has 1 N–H and O–H groups in total. The standard InChI is InChI=1S/C17H27N5O2.HI/c1-18-17(20-10-6-4-8-16(23)24-2)22-13-11-21(12-14-22)15-7-3-5-9-19-15;/h3,5,7,9H,4,6,8,10-14H2,1-2H3,(H,18,20);1H. The number of methoxy groups -OCH3 is 1. The summed E-state index contributed by atoms with van der Waals surface area (Å²) in [7, 11) is 3.23. The number of nitrogens with one attached hydrogen (secondary N) is 1. The van der Waals surface area contributed by atoms with Crippen LogP contribution in [-0.4, -0.2) is 68.7 Å². The van der Waals surface area contributed by atoms with E-state index in [2.05, 4.69) is 29.8 Å². The van der Waals surface area contributed by atoms with Gasteiger partial charge in [-0.1, -0.05) is 6.07 Å². The van der Waals surface area contributed by atoms with E-state index in [0.29, 0.717) is 6.42 Å². The van der Waals surface area contributed by atoms with E-state index in [-0.39, 0.29) is 29.9 Å². The Bertz CT molecular complexity index is 533. The second kappa shape index (κ2) is 11.9. The third-order valence-electron chi connectivity index (χ3n) is 4.08. The van der Waals surface area contributed by atoms with Gasteiger partial charge in [0.05, 0.1) is 7.11 Å². The molecule has 0 aliphatic carbocycles. The van der Waals surface area contributed by atoms with Crippen molar-refractivity contribution in [1.29, 1.82) is 0 Å². The molecular formula is C17H28IN5O2. The van der Waals surface area contributed by atoms with Gasteiger partial charge in [-0.15, -0.1) is 24.0 Å². The molecule has 0 saturated carbocycles. The minimum absolute atomic E-state index is 0. The van der Waals surface area contributed by atoms with Crippen molar-refractivity contribution in [2.24, 2.45) is 4.99 Å². The van der Waals surface area contributed by atoms with Crippen molar-refractivity contribution in [3.8, 4) is 0 Å². The van der Waals surface area contributed by atoms with Gasteiger partial charge in [-0.2, -0.15) is 0 Å². The van der Waals surface area contributed by atoms with Crippen molar-refractivity contribution in [1.82, 2.24) is 15.2 Å². The fourth-order valence-corrected chi connectivity index (χ4v) is 2.72. The maximum atomic E-state index is 11.1. The third-order valence-corrected chi connectivity index (χ3v) is 4.08. The van der Waals surface area contributed by atoms with Crippen molar-refractivity contribution in [3.05, 3.63) is 24.4 Å². The average Bonchev–Trinajstić information content (AvgIpc) is 2.65. The molecule has 1 saturated heterocycles. The predicted octanol–water partition coefficient (Wildman–Crippen LogP) is 1.74. The lowest BCUT2D eigenvalue weighted by Crippen LogP contribution is -2.52. The van der Waals surface area contributed by atoms with E-state index < -0.39 is 0 Å². The molecule has 0 spiro atoms. The van der Waals surface area contributed by atoms with Crippen molar-refractivity contribution < 1.29 is 9.53 Å². The number of anilines is 1. The van der Waals surface area contributed by atoms with Gasteiger partial charge in [0, 0.05) is 52.4 Å². The number of hydrogen-bond acceptors (Lipinski definition) is 5. The van der Waals surface area contributed by atoms with Gasteiger partial charge in [-0.3, -0.25) is 9.79 Å². The summed E-state index contributed by atoms with van der Waals surface area (Å²) in [6.07, 6.45) is 4.04. The fraction of sp³-hybridized carbons (Fsp3) is 0.588. The summed E-state index contributed by atoms with van der Waals surface area (Å²) in [6.45, 7) is 4.50. The number of hydrogen-bond donors (Lipinski definition) is 1. The van der Waals surface area contributed by atoms with Crippen LogP contribution in [0.4, 0.5) is 5.82 Å². The summed E-state index contributed by atoms with van der Waals surface area (Å²) in [5.74, 6) is 1.81. The molecule has 140 valence electrons. The van der Waals surface area contributed by atoms with E-state index in [0.717, 1.165) is 57.3 Å². The molecule has 0 radical (unpaired) electrons. The zero-order valence-electron chi connectivity index (χ0n) is 15.0. The van der Waals surface area contributed by atoms with E-state index in [1.54, 1.807) is 0 Å². The molecule has 0 unspecified atom stereocenters. The Hall–Kier alpha value is -1.58. The molecule has 25 heavy (non-hydrogen) atoms. The Balaban J connectivity index is 0.00000312. The van der Waals surface area contributed by atoms with Crippen molar-refractivity contribution >= 4 is 41.7 Å². The van der Waals surface area contributed by atoms with Crippen LogP contribution in [0.2, 0.25) is 0 Å². The number of ether oxygens (including phenoxy) is 1. The van der Waals surface area contributed by atoms with E-state index in [1.807, 2.05) is 31.4 Å². The van der Waals surface area contributed by atoms with Crippen LogP contribution in [0.5, 0.6) is 0 Å². The average molecular weight is 461 g/mol. The highest BCUT2D eigenvalue weighted by molar-refractivity contribution is 14.0. The Morgan fingerprint density at radius 1 is 1.28 bits per heavy atom. The molecule has 0 bridgehead atoms. The third kappa shape index (κ3) is 7.05. The first-order valence-corrected chi connectivity index (χ1v) is 8.43. The molecule has 1 aliphatic rings. The second-order valence-corrected chi connectivity index (χ2v) is 5.67. The van der Waals surface area contributed by atoms with Crippen LogP contribution in [0.3, 0.4) is 0 Å². The maximum absolute atomic E-state index is 11.1. The van der Waals surface area contributed by atoms with E-state index in [4.69, 9.17) is 0 Å². The monoisotopic (exact) mass is 461 g/mol. The highest BCUT2D eigenvalue weighted by Crippen LogP contribution is 2.12. The van der Waals surface area contributed by atoms with Gasteiger partial charge in [-0.05, 0) is 25.0 Å². The summed E-state index contributed by atoms with van der Waals surface area (Å²) in [5.41, 5.74) is 0. The lowest BCUT2D eigenvalue weighted by molar-refractivity contribution is -0.140. The first kappa shape index (κ1) is 21.5. The SMILES string of the molecule is CN=C(NCCCCC(=O)OC)N1CCN(c2ccccn2)CC1.I. The van der Waals surface area contributed by atoms with Crippen molar-refractivity contribution in [3.63, 3.8) is 0 Å². The molecule has 2 rings (SSSR count). The number of aromatic nitrogens is 1. The van der Waals surface area contributed by atoms with Crippen molar-refractivity contribution in [2.45, 2.75) is 19.3 Å². The van der Waals surface area contributed by atoms with Crippen molar-refractivity contribution in [2.75, 3.05) is 51.8 Å². The predicted molar refractivity (Wildman–Crippen MR) is 111 cm³/mol. The molecule has 8 heteroatoms. The molecule has 7 nitrogen and oxygen atoms in total. The molecule has 0 aromatic carbocycles. The highest BCUT2D eigenvalue weighted by Gasteiger charge is 2.20. The van der Waals surface area contributed by atoms with E-state index in [1.165, 1.54) is 7.11 Å². The highest BCUT2D eigenvalue weighted by atomic mass is 127. The fourth-order valence-electron chi connectivity index (χ4n) is 2.72. The molecule has 1 aromatic heterocycles. The van der Waals surface area contributed by atoms with Crippen LogP contribution in [0.1, 0.15) is 19.3 Å². The Labute approximate surface area is 166 Å². The second-order valence-electron chi connectivity index (χ2n) is 5.67. The normalized spacial score (nSPS) is 14.7. The number of pyridine rings is 1. The summed E-state index contributed by atoms with van der Waals surface area (Å²) >= 11 is 0. The number of nitrogens with zero attached hydrogens (tertiary/aromatic N) is 4. The number of halogens is 1. The molecule has 2 heterocycles. The van der Waals surface area contributed by atoms with Crippen LogP contribution in [-0.2, 0) is 9.53 Å². The molecule has 0 atom stereocenters. The minimum atomic E-state index is -0.148. The van der Waals surface area contributed by atoms with E-state index in [9.17, 15) is 4.79 Å². The number of rotatable bonds is 6. The number of carbonyl (C=O) groups excluding carboxylic acids is 1. The van der Waals surface area contributed by atoms with Gasteiger partial charge < -0.3 is 19.9 Å². The molecule has 1 aromatic rings. The van der Waals surface area contributed by atoms with Crippen LogP contribution in [0.25, 0.3) is 0 Å². The zero-order valence-corrected chi connectivity index (χ0v) is 17.3.